The van der Waals surface area contributed by atoms with Gasteiger partial charge < -0.3 is 9.80 Å². The summed E-state index contributed by atoms with van der Waals surface area (Å²) in [6.07, 6.45) is 0. The predicted octanol–water partition coefficient (Wildman–Crippen LogP) is 14.3. The molecule has 4 heterocycles. The van der Waals surface area contributed by atoms with Crippen LogP contribution in [0.15, 0.2) is 158 Å². The van der Waals surface area contributed by atoms with Gasteiger partial charge in [0.2, 0.25) is 13.4 Å². The number of fused-ring (bicyclic) bond motifs is 14. The molecule has 0 unspecified atom stereocenters. The average molecular weight is 929 g/mol. The molecule has 72 heavy (non-hydrogen) atoms. The van der Waals surface area contributed by atoms with Crippen molar-refractivity contribution >= 4 is 113 Å². The van der Waals surface area contributed by atoms with E-state index < -0.39 is 0 Å². The van der Waals surface area contributed by atoms with E-state index in [1.54, 1.807) is 0 Å². The first-order valence-electron chi connectivity index (χ1n) is 26.4. The number of para-hydroxylation sites is 2. The molecule has 10 aromatic carbocycles. The standard InChI is InChI=1S/C68H62B2N2/c1-65(2,3)39-29-31-43-45-33-35-51(67(7,8)9)63-57(45)69(53(43)37-39)59-47-25-19-28-50-55(47)56-48(26-20-27-49(56)61(59)71(63)41-21-15-13-16-22-41)60-62(50)72(42-23-17-14-18-24-42)64-52(68(10,11)12)36-34-46-44-32-30-40(66(4,5)6)38-54(44)70(60)58(46)64/h13-38H,1-12H3. The number of hydrogen-bond donors (Lipinski definition) is 0. The zero-order valence-electron chi connectivity index (χ0n) is 44.1. The summed E-state index contributed by atoms with van der Waals surface area (Å²) < 4.78 is 0. The molecule has 350 valence electrons. The number of rotatable bonds is 2. The smallest absolute Gasteiger partial charge is 0.249 e. The molecule has 4 aliphatic rings. The molecule has 2 nitrogen and oxygen atoms in total. The number of nitrogens with zero attached hydrogens (tertiary/aromatic N) is 2. The van der Waals surface area contributed by atoms with Crippen molar-refractivity contribution in [3.63, 3.8) is 0 Å². The Morgan fingerprint density at radius 1 is 0.306 bits per heavy atom. The van der Waals surface area contributed by atoms with E-state index >= 15 is 0 Å². The van der Waals surface area contributed by atoms with Gasteiger partial charge in [-0.3, -0.25) is 0 Å². The van der Waals surface area contributed by atoms with E-state index in [-0.39, 0.29) is 35.1 Å². The van der Waals surface area contributed by atoms with Crippen molar-refractivity contribution in [3.05, 3.63) is 180 Å². The molecule has 4 heteroatoms. The van der Waals surface area contributed by atoms with Gasteiger partial charge in [-0.15, -0.1) is 0 Å². The lowest BCUT2D eigenvalue weighted by Gasteiger charge is -2.43. The predicted molar refractivity (Wildman–Crippen MR) is 314 cm³/mol. The lowest BCUT2D eigenvalue weighted by Crippen LogP contribution is -2.56. The third-order valence-corrected chi connectivity index (χ3v) is 17.1. The lowest BCUT2D eigenvalue weighted by molar-refractivity contribution is 0.590. The largest absolute Gasteiger partial charge is 0.311 e. The third kappa shape index (κ3) is 5.76. The van der Waals surface area contributed by atoms with E-state index in [1.807, 2.05) is 0 Å². The number of benzene rings is 10. The molecule has 0 fully saturated rings. The number of hydrogen-bond acceptors (Lipinski definition) is 2. The SMILES string of the molecule is CC(C)(C)c1ccc2c(c1)B1c3c-2ccc(C(C)(C)C)c3N(c2ccccc2)c2c1c1cccc3c4c(c5cccc2c5c13)B1c2cc(C(C)(C)C)ccc2-c2ccc(C(C)(C)C)c(c21)N4c1ccccc1. The van der Waals surface area contributed by atoms with Crippen molar-refractivity contribution in [1.82, 2.24) is 0 Å². The second-order valence-corrected chi connectivity index (χ2v) is 25.6. The van der Waals surface area contributed by atoms with Crippen molar-refractivity contribution in [2.75, 3.05) is 9.80 Å². The molecular weight excluding hydrogens is 866 g/mol. The van der Waals surface area contributed by atoms with Crippen molar-refractivity contribution in [2.24, 2.45) is 0 Å². The van der Waals surface area contributed by atoms with Gasteiger partial charge in [0.15, 0.2) is 0 Å². The average Bonchev–Trinajstić information content (AvgIpc) is 3.86. The van der Waals surface area contributed by atoms with Crippen LogP contribution in [0.3, 0.4) is 0 Å². The van der Waals surface area contributed by atoms with Gasteiger partial charge >= 0.3 is 0 Å². The molecule has 0 aliphatic carbocycles. The second-order valence-electron chi connectivity index (χ2n) is 25.6. The molecule has 0 N–H and O–H groups in total. The van der Waals surface area contributed by atoms with Gasteiger partial charge in [0.25, 0.3) is 0 Å². The molecule has 0 aromatic heterocycles. The van der Waals surface area contributed by atoms with Gasteiger partial charge in [-0.05, 0) is 134 Å². The van der Waals surface area contributed by atoms with E-state index in [0.29, 0.717) is 0 Å². The van der Waals surface area contributed by atoms with Crippen LogP contribution < -0.4 is 42.6 Å². The first kappa shape index (κ1) is 43.7. The van der Waals surface area contributed by atoms with Gasteiger partial charge in [-0.1, -0.05) is 227 Å². The van der Waals surface area contributed by atoms with Crippen LogP contribution in [0.25, 0.3) is 54.6 Å². The van der Waals surface area contributed by atoms with Crippen LogP contribution in [-0.2, 0) is 21.7 Å². The molecule has 0 bridgehead atoms. The maximum Gasteiger partial charge on any atom is 0.249 e. The molecule has 10 aromatic rings. The summed E-state index contributed by atoms with van der Waals surface area (Å²) >= 11 is 0. The maximum atomic E-state index is 2.71. The van der Waals surface area contributed by atoms with Gasteiger partial charge in [0, 0.05) is 44.9 Å². The normalized spacial score (nSPS) is 14.6. The monoisotopic (exact) mass is 929 g/mol. The van der Waals surface area contributed by atoms with Gasteiger partial charge in [0.05, 0.1) is 0 Å². The Morgan fingerprint density at radius 2 is 0.667 bits per heavy atom. The van der Waals surface area contributed by atoms with Crippen LogP contribution in [0, 0.1) is 0 Å². The first-order valence-corrected chi connectivity index (χ1v) is 26.4. The zero-order valence-corrected chi connectivity index (χ0v) is 44.1. The van der Waals surface area contributed by atoms with Gasteiger partial charge in [-0.25, -0.2) is 0 Å². The van der Waals surface area contributed by atoms with Crippen LogP contribution in [0.5, 0.6) is 0 Å². The highest BCUT2D eigenvalue weighted by atomic mass is 15.2. The molecule has 0 radical (unpaired) electrons. The second kappa shape index (κ2) is 14.3. The van der Waals surface area contributed by atoms with Crippen molar-refractivity contribution in [2.45, 2.75) is 105 Å². The Kier molecular flexibility index (Phi) is 8.71. The summed E-state index contributed by atoms with van der Waals surface area (Å²) in [5.74, 6) is 0. The molecule has 0 amide bonds. The van der Waals surface area contributed by atoms with E-state index in [9.17, 15) is 0 Å². The fourth-order valence-electron chi connectivity index (χ4n) is 13.9. The van der Waals surface area contributed by atoms with Gasteiger partial charge in [-0.2, -0.15) is 0 Å². The quantitative estimate of drug-likeness (QED) is 0.126. The Labute approximate surface area is 427 Å². The molecule has 0 atom stereocenters. The molecule has 0 saturated carbocycles. The fourth-order valence-corrected chi connectivity index (χ4v) is 13.9. The minimum Gasteiger partial charge on any atom is -0.311 e. The minimum atomic E-state index is -0.122. The van der Waals surface area contributed by atoms with Crippen LogP contribution in [0.4, 0.5) is 34.1 Å². The molecule has 0 saturated heterocycles. The topological polar surface area (TPSA) is 6.48 Å². The van der Waals surface area contributed by atoms with Crippen LogP contribution >= 0.6 is 0 Å². The summed E-state index contributed by atoms with van der Waals surface area (Å²) in [6.45, 7) is 28.6. The Hall–Kier alpha value is -7.03. The lowest BCUT2D eigenvalue weighted by atomic mass is 9.35. The number of anilines is 6. The van der Waals surface area contributed by atoms with Gasteiger partial charge in [0.1, 0.15) is 0 Å². The molecule has 4 aliphatic heterocycles. The highest BCUT2D eigenvalue weighted by molar-refractivity contribution is 7.04. The van der Waals surface area contributed by atoms with Crippen LogP contribution in [0.2, 0.25) is 0 Å². The molecule has 0 spiro atoms. The molecular formula is C68H62B2N2. The van der Waals surface area contributed by atoms with Crippen LogP contribution in [0.1, 0.15) is 105 Å². The summed E-state index contributed by atoms with van der Waals surface area (Å²) in [6, 6.07) is 61.9. The molecule has 14 rings (SSSR count). The van der Waals surface area contributed by atoms with E-state index in [2.05, 4.69) is 251 Å². The highest BCUT2D eigenvalue weighted by Crippen LogP contribution is 2.54. The summed E-state index contributed by atoms with van der Waals surface area (Å²) in [4.78, 5) is 5.41. The summed E-state index contributed by atoms with van der Waals surface area (Å²) in [7, 11) is 0. The maximum absolute atomic E-state index is 2.71. The van der Waals surface area contributed by atoms with E-state index in [1.165, 1.54) is 144 Å². The van der Waals surface area contributed by atoms with Crippen molar-refractivity contribution in [3.8, 4) is 22.3 Å². The summed E-state index contributed by atoms with van der Waals surface area (Å²) in [5, 5.41) is 8.05. The van der Waals surface area contributed by atoms with E-state index in [0.717, 1.165) is 0 Å². The Morgan fingerprint density at radius 3 is 1.03 bits per heavy atom. The zero-order chi connectivity index (χ0) is 49.7. The van der Waals surface area contributed by atoms with Crippen molar-refractivity contribution < 1.29 is 0 Å². The third-order valence-electron chi connectivity index (χ3n) is 17.1. The fraction of sp³-hybridized carbons (Fsp3) is 0.235. The summed E-state index contributed by atoms with van der Waals surface area (Å²) in [5.41, 5.74) is 27.0. The van der Waals surface area contributed by atoms with Crippen LogP contribution in [-0.4, -0.2) is 13.4 Å². The Balaban J connectivity index is 1.21. The highest BCUT2D eigenvalue weighted by Gasteiger charge is 2.50. The first-order chi connectivity index (χ1) is 34.3. The minimum absolute atomic E-state index is 0.00947. The Bertz CT molecular complexity index is 3710. The van der Waals surface area contributed by atoms with E-state index in [4.69, 9.17) is 0 Å². The van der Waals surface area contributed by atoms with Crippen molar-refractivity contribution in [1.29, 1.82) is 0 Å².